The third kappa shape index (κ3) is 2.07. The summed E-state index contributed by atoms with van der Waals surface area (Å²) in [5.74, 6) is 5.72. The molecule has 1 heterocycles. The van der Waals surface area contributed by atoms with Crippen LogP contribution in [-0.2, 0) is 9.53 Å². The van der Waals surface area contributed by atoms with Crippen LogP contribution in [0.3, 0.4) is 0 Å². The van der Waals surface area contributed by atoms with Gasteiger partial charge in [0.2, 0.25) is 0 Å². The fraction of sp³-hybridized carbons (Fsp3) is 0.947. The van der Waals surface area contributed by atoms with Crippen molar-refractivity contribution in [3.05, 3.63) is 0 Å². The van der Waals surface area contributed by atoms with Crippen LogP contribution in [0.4, 0.5) is 0 Å². The standard InChI is InChI=1S/C19H30O3/c1-3-10-5-11(4-2)18-14-7-13(17(10)18)6-12(14)8-16(20)15-9-22-19(15)21/h10-18,20H,3-9H2,1-2H3. The number of carbonyl (C=O) groups is 1. The van der Waals surface area contributed by atoms with Gasteiger partial charge in [0.15, 0.2) is 0 Å². The lowest BCUT2D eigenvalue weighted by Gasteiger charge is -2.38. The number of ether oxygens (including phenoxy) is 1. The van der Waals surface area contributed by atoms with Crippen LogP contribution in [0, 0.1) is 47.3 Å². The Labute approximate surface area is 133 Å². The van der Waals surface area contributed by atoms with Gasteiger partial charge in [-0.1, -0.05) is 26.7 Å². The number of hydrogen-bond donors (Lipinski definition) is 1. The van der Waals surface area contributed by atoms with E-state index < -0.39 is 6.10 Å². The van der Waals surface area contributed by atoms with E-state index in [2.05, 4.69) is 13.8 Å². The van der Waals surface area contributed by atoms with E-state index >= 15 is 0 Å². The van der Waals surface area contributed by atoms with Crippen molar-refractivity contribution in [1.29, 1.82) is 0 Å². The molecule has 124 valence electrons. The zero-order valence-corrected chi connectivity index (χ0v) is 13.9. The fourth-order valence-corrected chi connectivity index (χ4v) is 6.79. The lowest BCUT2D eigenvalue weighted by molar-refractivity contribution is -0.178. The molecule has 3 saturated carbocycles. The van der Waals surface area contributed by atoms with Gasteiger partial charge in [0.25, 0.3) is 0 Å². The first kappa shape index (κ1) is 15.0. The topological polar surface area (TPSA) is 46.5 Å². The Morgan fingerprint density at radius 1 is 1.09 bits per heavy atom. The zero-order valence-electron chi connectivity index (χ0n) is 13.9. The Hall–Kier alpha value is -0.570. The summed E-state index contributed by atoms with van der Waals surface area (Å²) in [4.78, 5) is 11.4. The second-order valence-corrected chi connectivity index (χ2v) is 8.42. The normalized spacial score (nSPS) is 50.6. The van der Waals surface area contributed by atoms with Gasteiger partial charge in [-0.2, -0.15) is 0 Å². The fourth-order valence-electron chi connectivity index (χ4n) is 6.79. The molecule has 3 aliphatic carbocycles. The van der Waals surface area contributed by atoms with E-state index in [1.54, 1.807) is 0 Å². The molecule has 0 spiro atoms. The molecule has 0 aromatic rings. The Morgan fingerprint density at radius 3 is 2.41 bits per heavy atom. The van der Waals surface area contributed by atoms with Crippen LogP contribution in [0.1, 0.15) is 52.4 Å². The molecule has 2 bridgehead atoms. The van der Waals surface area contributed by atoms with E-state index in [0.29, 0.717) is 12.5 Å². The molecule has 0 aromatic carbocycles. The molecule has 9 unspecified atom stereocenters. The molecule has 0 aromatic heterocycles. The van der Waals surface area contributed by atoms with Gasteiger partial charge in [0.1, 0.15) is 12.5 Å². The summed E-state index contributed by atoms with van der Waals surface area (Å²) in [7, 11) is 0. The summed E-state index contributed by atoms with van der Waals surface area (Å²) in [6.45, 7) is 5.16. The van der Waals surface area contributed by atoms with Crippen molar-refractivity contribution < 1.29 is 14.6 Å². The Bertz CT molecular complexity index is 448. The van der Waals surface area contributed by atoms with Crippen LogP contribution in [0.25, 0.3) is 0 Å². The van der Waals surface area contributed by atoms with E-state index in [4.69, 9.17) is 4.74 Å². The lowest BCUT2D eigenvalue weighted by atomic mass is 9.69. The van der Waals surface area contributed by atoms with E-state index in [9.17, 15) is 9.90 Å². The number of aliphatic hydroxyl groups is 1. The van der Waals surface area contributed by atoms with Gasteiger partial charge >= 0.3 is 5.97 Å². The Morgan fingerprint density at radius 2 is 1.82 bits per heavy atom. The smallest absolute Gasteiger partial charge is 0.315 e. The third-order valence-electron chi connectivity index (χ3n) is 7.73. The number of carbonyl (C=O) groups excluding carboxylic acids is 1. The van der Waals surface area contributed by atoms with Gasteiger partial charge < -0.3 is 9.84 Å². The SMILES string of the molecule is CCC1CC(CC)C2C3CC(CC3CC(O)C3COC3=O)C12. The number of hydrogen-bond acceptors (Lipinski definition) is 3. The first-order valence-corrected chi connectivity index (χ1v) is 9.48. The first-order chi connectivity index (χ1) is 10.6. The molecule has 0 radical (unpaired) electrons. The third-order valence-corrected chi connectivity index (χ3v) is 7.73. The molecular formula is C19H30O3. The minimum Gasteiger partial charge on any atom is -0.464 e. The van der Waals surface area contributed by atoms with Crippen LogP contribution >= 0.6 is 0 Å². The van der Waals surface area contributed by atoms with Crippen molar-refractivity contribution in [2.75, 3.05) is 6.61 Å². The van der Waals surface area contributed by atoms with Crippen LogP contribution in [0.5, 0.6) is 0 Å². The first-order valence-electron chi connectivity index (χ1n) is 9.48. The summed E-state index contributed by atoms with van der Waals surface area (Å²) < 4.78 is 4.82. The summed E-state index contributed by atoms with van der Waals surface area (Å²) in [6.07, 6.45) is 7.18. The van der Waals surface area contributed by atoms with E-state index in [-0.39, 0.29) is 11.9 Å². The van der Waals surface area contributed by atoms with Gasteiger partial charge in [-0.25, -0.2) is 0 Å². The molecule has 3 nitrogen and oxygen atoms in total. The quantitative estimate of drug-likeness (QED) is 0.793. The van der Waals surface area contributed by atoms with Crippen molar-refractivity contribution in [3.8, 4) is 0 Å². The van der Waals surface area contributed by atoms with Crippen molar-refractivity contribution >= 4 is 5.97 Å². The van der Waals surface area contributed by atoms with E-state index in [1.165, 1.54) is 32.1 Å². The largest absolute Gasteiger partial charge is 0.464 e. The van der Waals surface area contributed by atoms with Gasteiger partial charge in [-0.05, 0) is 67.1 Å². The highest BCUT2D eigenvalue weighted by Crippen LogP contribution is 2.66. The average Bonchev–Trinajstić information content (AvgIpc) is 3.14. The minimum absolute atomic E-state index is 0.188. The highest BCUT2D eigenvalue weighted by Gasteiger charge is 2.59. The lowest BCUT2D eigenvalue weighted by Crippen LogP contribution is -2.44. The molecule has 3 heteroatoms. The second kappa shape index (κ2) is 5.51. The maximum Gasteiger partial charge on any atom is 0.315 e. The molecule has 1 aliphatic heterocycles. The maximum absolute atomic E-state index is 11.4. The second-order valence-electron chi connectivity index (χ2n) is 8.42. The molecule has 4 rings (SSSR count). The zero-order chi connectivity index (χ0) is 15.4. The van der Waals surface area contributed by atoms with Crippen LogP contribution in [0.15, 0.2) is 0 Å². The molecule has 0 amide bonds. The molecule has 22 heavy (non-hydrogen) atoms. The van der Waals surface area contributed by atoms with Gasteiger partial charge in [-0.15, -0.1) is 0 Å². The highest BCUT2D eigenvalue weighted by molar-refractivity contribution is 5.77. The molecule has 4 fully saturated rings. The number of rotatable bonds is 5. The van der Waals surface area contributed by atoms with E-state index in [1.807, 2.05) is 0 Å². The summed E-state index contributed by atoms with van der Waals surface area (Å²) >= 11 is 0. The highest BCUT2D eigenvalue weighted by atomic mass is 16.6. The predicted octanol–water partition coefficient (Wildman–Crippen LogP) is 3.25. The molecule has 4 aliphatic rings. The van der Waals surface area contributed by atoms with Crippen LogP contribution in [0.2, 0.25) is 0 Å². The Balaban J connectivity index is 1.45. The van der Waals surface area contributed by atoms with Crippen LogP contribution in [-0.4, -0.2) is 23.8 Å². The molecular weight excluding hydrogens is 276 g/mol. The summed E-state index contributed by atoms with van der Waals surface area (Å²) in [5, 5.41) is 10.4. The monoisotopic (exact) mass is 306 g/mol. The number of fused-ring (bicyclic) bond motifs is 5. The van der Waals surface area contributed by atoms with Crippen molar-refractivity contribution in [3.63, 3.8) is 0 Å². The van der Waals surface area contributed by atoms with Crippen molar-refractivity contribution in [2.24, 2.45) is 47.3 Å². The number of esters is 1. The van der Waals surface area contributed by atoms with Gasteiger partial charge in [0.05, 0.1) is 6.10 Å². The number of aliphatic hydroxyl groups excluding tert-OH is 1. The predicted molar refractivity (Wildman–Crippen MR) is 83.9 cm³/mol. The minimum atomic E-state index is -0.465. The van der Waals surface area contributed by atoms with E-state index in [0.717, 1.165) is 41.9 Å². The van der Waals surface area contributed by atoms with Crippen molar-refractivity contribution in [2.45, 2.75) is 58.5 Å². The maximum atomic E-state index is 11.4. The molecule has 1 N–H and O–H groups in total. The van der Waals surface area contributed by atoms with Gasteiger partial charge in [-0.3, -0.25) is 4.79 Å². The molecule has 1 saturated heterocycles. The average molecular weight is 306 g/mol. The number of cyclic esters (lactones) is 1. The van der Waals surface area contributed by atoms with Crippen LogP contribution < -0.4 is 0 Å². The van der Waals surface area contributed by atoms with Gasteiger partial charge in [0, 0.05) is 0 Å². The van der Waals surface area contributed by atoms with Crippen molar-refractivity contribution in [1.82, 2.24) is 0 Å². The summed E-state index contributed by atoms with van der Waals surface area (Å²) in [5.41, 5.74) is 0. The summed E-state index contributed by atoms with van der Waals surface area (Å²) in [6, 6.07) is 0. The molecule has 9 atom stereocenters. The Kier molecular flexibility index (Phi) is 3.75.